The maximum atomic E-state index is 12.1. The molecule has 19 heavy (non-hydrogen) atoms. The molecule has 2 N–H and O–H groups in total. The molecule has 0 saturated heterocycles. The largest absolute Gasteiger partial charge is 0.480 e. The maximum Gasteiger partial charge on any atom is 0.471 e. The average Bonchev–Trinajstić information content (AvgIpc) is 2.58. The fraction of sp³-hybridized carbons (Fsp3) is 0.500. The van der Waals surface area contributed by atoms with Crippen LogP contribution in [0.2, 0.25) is 0 Å². The van der Waals surface area contributed by atoms with Gasteiger partial charge in [0.1, 0.15) is 6.04 Å². The standard InChI is InChI=1S/C10H12F3N3O3/c1-5-6(4-14-16(5)2)3-7(8(17)18)15-9(19)10(11,12)13/h4,7H,3H2,1-2H3,(H,15,19)(H,17,18). The number of carbonyl (C=O) groups excluding carboxylic acids is 1. The highest BCUT2D eigenvalue weighted by Crippen LogP contribution is 2.16. The first-order valence-corrected chi connectivity index (χ1v) is 5.21. The highest BCUT2D eigenvalue weighted by Gasteiger charge is 2.40. The summed E-state index contributed by atoms with van der Waals surface area (Å²) in [6, 6.07) is -1.66. The minimum Gasteiger partial charge on any atom is -0.480 e. The Balaban J connectivity index is 2.83. The molecule has 0 bridgehead atoms. The van der Waals surface area contributed by atoms with Gasteiger partial charge in [0, 0.05) is 19.2 Å². The number of halogens is 3. The summed E-state index contributed by atoms with van der Waals surface area (Å²) in [4.78, 5) is 21.6. The van der Waals surface area contributed by atoms with Crippen LogP contribution in [0.25, 0.3) is 0 Å². The normalized spacial score (nSPS) is 13.1. The Kier molecular flexibility index (Phi) is 4.17. The van der Waals surface area contributed by atoms with Crippen molar-refractivity contribution < 1.29 is 27.9 Å². The van der Waals surface area contributed by atoms with Crippen LogP contribution in [0.1, 0.15) is 11.3 Å². The summed E-state index contributed by atoms with van der Waals surface area (Å²) in [5.74, 6) is -3.82. The molecule has 1 rings (SSSR count). The summed E-state index contributed by atoms with van der Waals surface area (Å²) in [6.45, 7) is 1.65. The number of alkyl halides is 3. The molecule has 6 nitrogen and oxygen atoms in total. The lowest BCUT2D eigenvalue weighted by Crippen LogP contribution is -2.47. The van der Waals surface area contributed by atoms with Crippen LogP contribution in [-0.4, -0.2) is 39.0 Å². The third-order valence-corrected chi connectivity index (χ3v) is 2.62. The van der Waals surface area contributed by atoms with Crippen LogP contribution in [0.5, 0.6) is 0 Å². The number of hydrogen-bond donors (Lipinski definition) is 2. The predicted molar refractivity (Wildman–Crippen MR) is 57.3 cm³/mol. The average molecular weight is 279 g/mol. The summed E-state index contributed by atoms with van der Waals surface area (Å²) < 4.78 is 37.7. The predicted octanol–water partition coefficient (Wildman–Crippen LogP) is 0.403. The Bertz CT molecular complexity index is 496. The van der Waals surface area contributed by atoms with Crippen LogP contribution < -0.4 is 5.32 Å². The van der Waals surface area contributed by atoms with Gasteiger partial charge < -0.3 is 10.4 Å². The Morgan fingerprint density at radius 1 is 1.53 bits per heavy atom. The fourth-order valence-electron chi connectivity index (χ4n) is 1.40. The summed E-state index contributed by atoms with van der Waals surface area (Å²) >= 11 is 0. The van der Waals surface area contributed by atoms with E-state index in [-0.39, 0.29) is 6.42 Å². The van der Waals surface area contributed by atoms with Crippen LogP contribution in [0.3, 0.4) is 0 Å². The van der Waals surface area contributed by atoms with Crippen LogP contribution in [0.4, 0.5) is 13.2 Å². The lowest BCUT2D eigenvalue weighted by molar-refractivity contribution is -0.175. The van der Waals surface area contributed by atoms with Crippen molar-refractivity contribution in [1.82, 2.24) is 15.1 Å². The lowest BCUT2D eigenvalue weighted by atomic mass is 10.1. The van der Waals surface area contributed by atoms with Gasteiger partial charge >= 0.3 is 18.1 Å². The minimum absolute atomic E-state index is 0.267. The number of nitrogens with zero attached hydrogens (tertiary/aromatic N) is 2. The third kappa shape index (κ3) is 3.70. The first kappa shape index (κ1) is 15.0. The van der Waals surface area contributed by atoms with E-state index >= 15 is 0 Å². The molecular formula is C10H12F3N3O3. The molecule has 0 spiro atoms. The van der Waals surface area contributed by atoms with E-state index < -0.39 is 24.1 Å². The van der Waals surface area contributed by atoms with Gasteiger partial charge in [-0.25, -0.2) is 4.79 Å². The van der Waals surface area contributed by atoms with Gasteiger partial charge in [-0.15, -0.1) is 0 Å². The van der Waals surface area contributed by atoms with E-state index in [1.165, 1.54) is 16.2 Å². The van der Waals surface area contributed by atoms with Gasteiger partial charge in [0.25, 0.3) is 0 Å². The Morgan fingerprint density at radius 3 is 2.47 bits per heavy atom. The number of aromatic nitrogens is 2. The number of aliphatic carboxylic acids is 1. The quantitative estimate of drug-likeness (QED) is 0.835. The third-order valence-electron chi connectivity index (χ3n) is 2.62. The molecule has 106 valence electrons. The number of carboxylic acid groups (broad SMARTS) is 1. The van der Waals surface area contributed by atoms with Gasteiger partial charge in [-0.1, -0.05) is 0 Å². The zero-order chi connectivity index (χ0) is 14.8. The molecule has 0 aliphatic heterocycles. The Hall–Kier alpha value is -2.06. The number of nitrogens with one attached hydrogen (secondary N) is 1. The van der Waals surface area contributed by atoms with Crippen molar-refractivity contribution in [2.75, 3.05) is 0 Å². The molecule has 9 heteroatoms. The first-order chi connectivity index (χ1) is 8.62. The summed E-state index contributed by atoms with van der Waals surface area (Å²) in [6.07, 6.45) is -4.03. The van der Waals surface area contributed by atoms with E-state index in [4.69, 9.17) is 5.11 Å². The fourth-order valence-corrected chi connectivity index (χ4v) is 1.40. The number of amides is 1. The molecule has 1 heterocycles. The minimum atomic E-state index is -5.11. The topological polar surface area (TPSA) is 84.2 Å². The van der Waals surface area contributed by atoms with E-state index in [9.17, 15) is 22.8 Å². The van der Waals surface area contributed by atoms with Crippen molar-refractivity contribution >= 4 is 11.9 Å². The zero-order valence-electron chi connectivity index (χ0n) is 10.2. The molecule has 0 radical (unpaired) electrons. The van der Waals surface area contributed by atoms with Crippen molar-refractivity contribution in [3.63, 3.8) is 0 Å². The Morgan fingerprint density at radius 2 is 2.11 bits per heavy atom. The molecule has 1 aromatic heterocycles. The molecule has 0 aromatic carbocycles. The molecule has 1 amide bonds. The van der Waals surface area contributed by atoms with Crippen molar-refractivity contribution in [2.24, 2.45) is 7.05 Å². The SMILES string of the molecule is Cc1c(CC(NC(=O)C(F)(F)F)C(=O)O)cnn1C. The number of hydrogen-bond acceptors (Lipinski definition) is 3. The second-order valence-electron chi connectivity index (χ2n) is 3.94. The van der Waals surface area contributed by atoms with Gasteiger partial charge in [0.15, 0.2) is 0 Å². The highest BCUT2D eigenvalue weighted by molar-refractivity contribution is 5.87. The van der Waals surface area contributed by atoms with E-state index in [0.717, 1.165) is 0 Å². The molecule has 1 atom stereocenters. The molecule has 0 fully saturated rings. The van der Waals surface area contributed by atoms with Crippen LogP contribution in [0.15, 0.2) is 6.20 Å². The zero-order valence-corrected chi connectivity index (χ0v) is 10.2. The summed E-state index contributed by atoms with van der Waals surface area (Å²) in [7, 11) is 1.61. The maximum absolute atomic E-state index is 12.1. The second-order valence-corrected chi connectivity index (χ2v) is 3.94. The van der Waals surface area contributed by atoms with Crippen LogP contribution in [-0.2, 0) is 23.1 Å². The van der Waals surface area contributed by atoms with Gasteiger partial charge in [-0.05, 0) is 12.5 Å². The molecule has 1 unspecified atom stereocenters. The highest BCUT2D eigenvalue weighted by atomic mass is 19.4. The monoisotopic (exact) mass is 279 g/mol. The molecule has 0 aliphatic rings. The van der Waals surface area contributed by atoms with E-state index in [1.807, 2.05) is 0 Å². The van der Waals surface area contributed by atoms with Gasteiger partial charge in [0.05, 0.1) is 6.20 Å². The number of aryl methyl sites for hydroxylation is 1. The van der Waals surface area contributed by atoms with E-state index in [2.05, 4.69) is 5.10 Å². The van der Waals surface area contributed by atoms with Gasteiger partial charge in [-0.3, -0.25) is 9.48 Å². The first-order valence-electron chi connectivity index (χ1n) is 5.21. The second kappa shape index (κ2) is 5.29. The van der Waals surface area contributed by atoms with Crippen molar-refractivity contribution in [3.8, 4) is 0 Å². The number of carbonyl (C=O) groups is 2. The molecular weight excluding hydrogens is 267 g/mol. The van der Waals surface area contributed by atoms with Crippen molar-refractivity contribution in [2.45, 2.75) is 25.6 Å². The molecule has 0 saturated carbocycles. The van der Waals surface area contributed by atoms with Crippen LogP contribution in [0, 0.1) is 6.92 Å². The van der Waals surface area contributed by atoms with E-state index in [0.29, 0.717) is 11.3 Å². The smallest absolute Gasteiger partial charge is 0.471 e. The lowest BCUT2D eigenvalue weighted by Gasteiger charge is -2.15. The summed E-state index contributed by atoms with van der Waals surface area (Å²) in [5.41, 5.74) is 1.07. The summed E-state index contributed by atoms with van der Waals surface area (Å²) in [5, 5.41) is 14.1. The number of carboxylic acids is 1. The van der Waals surface area contributed by atoms with Gasteiger partial charge in [-0.2, -0.15) is 18.3 Å². The molecule has 0 aliphatic carbocycles. The van der Waals surface area contributed by atoms with Crippen molar-refractivity contribution in [1.29, 1.82) is 0 Å². The van der Waals surface area contributed by atoms with Gasteiger partial charge in [0.2, 0.25) is 0 Å². The molecule has 1 aromatic rings. The van der Waals surface area contributed by atoms with E-state index in [1.54, 1.807) is 14.0 Å². The van der Waals surface area contributed by atoms with Crippen molar-refractivity contribution in [3.05, 3.63) is 17.5 Å². The number of rotatable bonds is 4. The Labute approximate surface area is 106 Å². The van der Waals surface area contributed by atoms with Crippen LogP contribution >= 0.6 is 0 Å².